The van der Waals surface area contributed by atoms with E-state index in [4.69, 9.17) is 9.15 Å². The van der Waals surface area contributed by atoms with E-state index in [9.17, 15) is 14.7 Å². The predicted molar refractivity (Wildman–Crippen MR) is 114 cm³/mol. The van der Waals surface area contributed by atoms with Crippen LogP contribution in [-0.2, 0) is 23.5 Å². The van der Waals surface area contributed by atoms with E-state index in [1.807, 2.05) is 18.2 Å². The zero-order valence-corrected chi connectivity index (χ0v) is 17.2. The molecule has 1 atom stereocenters. The van der Waals surface area contributed by atoms with Crippen molar-refractivity contribution in [2.24, 2.45) is 0 Å². The quantitative estimate of drug-likeness (QED) is 0.403. The Bertz CT molecular complexity index is 1340. The average molecular weight is 432 g/mol. The number of aromatic nitrogens is 2. The lowest BCUT2D eigenvalue weighted by Gasteiger charge is -2.29. The van der Waals surface area contributed by atoms with Gasteiger partial charge in [0.2, 0.25) is 0 Å². The number of rotatable bonds is 6. The number of carbonyl (C=O) groups is 2. The molecule has 1 unspecified atom stereocenters. The maximum atomic E-state index is 13.1. The Morgan fingerprint density at radius 2 is 1.94 bits per heavy atom. The van der Waals surface area contributed by atoms with Gasteiger partial charge in [0.25, 0.3) is 5.91 Å². The maximum Gasteiger partial charge on any atom is 0.322 e. The van der Waals surface area contributed by atoms with Gasteiger partial charge >= 0.3 is 6.03 Å². The van der Waals surface area contributed by atoms with Crippen LogP contribution in [0.3, 0.4) is 0 Å². The predicted octanol–water partition coefficient (Wildman–Crippen LogP) is 2.96. The summed E-state index contributed by atoms with van der Waals surface area (Å²) in [4.78, 5) is 29.4. The molecule has 2 aromatic carbocycles. The number of carbonyl (C=O) groups excluding carboxylic acids is 2. The Balaban J connectivity index is 1.57. The van der Waals surface area contributed by atoms with E-state index >= 15 is 0 Å². The van der Waals surface area contributed by atoms with Gasteiger partial charge in [-0.05, 0) is 19.1 Å². The number of aryl methyl sites for hydroxylation is 1. The Labute approximate surface area is 182 Å². The van der Waals surface area contributed by atoms with Gasteiger partial charge < -0.3 is 24.1 Å². The van der Waals surface area contributed by atoms with E-state index in [1.165, 1.54) is 6.39 Å². The summed E-state index contributed by atoms with van der Waals surface area (Å²) in [5, 5.41) is 17.3. The molecule has 0 spiro atoms. The number of ether oxygens (including phenoxy) is 1. The summed E-state index contributed by atoms with van der Waals surface area (Å²) in [6, 6.07) is 13.7. The standard InChI is InChI=1S/C23H20N4O5/c1-14-19(32-13-24-14)11-31-18-9-5-4-8-17(18)23(21(29)25-22(30)26-23)12-27-10-15-6-2-3-7-16(15)20(27)28/h2-10,13,28H,11-12H2,1H3,(H2,25,26,29,30). The number of benzene rings is 2. The van der Waals surface area contributed by atoms with Gasteiger partial charge in [-0.1, -0.05) is 36.4 Å². The van der Waals surface area contributed by atoms with E-state index in [0.717, 1.165) is 5.39 Å². The molecule has 4 aromatic rings. The normalized spacial score (nSPS) is 18.0. The van der Waals surface area contributed by atoms with Crippen molar-refractivity contribution in [1.82, 2.24) is 20.2 Å². The first-order chi connectivity index (χ1) is 15.5. The molecule has 9 nitrogen and oxygen atoms in total. The van der Waals surface area contributed by atoms with Crippen molar-refractivity contribution < 1.29 is 23.8 Å². The second-order valence-electron chi connectivity index (χ2n) is 7.63. The lowest BCUT2D eigenvalue weighted by Crippen LogP contribution is -2.47. The minimum absolute atomic E-state index is 0.00427. The molecule has 1 saturated heterocycles. The molecule has 0 bridgehead atoms. The van der Waals surface area contributed by atoms with Gasteiger partial charge in [0.1, 0.15) is 12.4 Å². The molecule has 9 heteroatoms. The van der Waals surface area contributed by atoms with Crippen LogP contribution >= 0.6 is 0 Å². The molecule has 1 aliphatic rings. The summed E-state index contributed by atoms with van der Waals surface area (Å²) in [6.45, 7) is 1.87. The fourth-order valence-electron chi connectivity index (χ4n) is 4.00. The highest BCUT2D eigenvalue weighted by molar-refractivity contribution is 6.07. The third kappa shape index (κ3) is 3.15. The smallest absolute Gasteiger partial charge is 0.322 e. The molecule has 5 rings (SSSR count). The summed E-state index contributed by atoms with van der Waals surface area (Å²) in [5.74, 6) is 0.427. The summed E-state index contributed by atoms with van der Waals surface area (Å²) in [7, 11) is 0. The Morgan fingerprint density at radius 3 is 2.66 bits per heavy atom. The number of fused-ring (bicyclic) bond motifs is 1. The van der Waals surface area contributed by atoms with Gasteiger partial charge in [-0.2, -0.15) is 0 Å². The second kappa shape index (κ2) is 7.45. The molecule has 3 amide bonds. The largest absolute Gasteiger partial charge is 0.494 e. The van der Waals surface area contributed by atoms with E-state index in [1.54, 1.807) is 48.0 Å². The number of hydrogen-bond acceptors (Lipinski definition) is 6. The number of nitrogens with zero attached hydrogens (tertiary/aromatic N) is 2. The van der Waals surface area contributed by atoms with E-state index in [0.29, 0.717) is 28.2 Å². The van der Waals surface area contributed by atoms with Crippen molar-refractivity contribution >= 4 is 22.7 Å². The Hall–Kier alpha value is -4.27. The monoisotopic (exact) mass is 432 g/mol. The lowest BCUT2D eigenvalue weighted by atomic mass is 9.88. The van der Waals surface area contributed by atoms with Crippen LogP contribution in [0.2, 0.25) is 0 Å². The summed E-state index contributed by atoms with van der Waals surface area (Å²) >= 11 is 0. The summed E-state index contributed by atoms with van der Waals surface area (Å²) in [5.41, 5.74) is -0.331. The highest BCUT2D eigenvalue weighted by Crippen LogP contribution is 2.37. The van der Waals surface area contributed by atoms with Crippen molar-refractivity contribution in [1.29, 1.82) is 0 Å². The molecule has 1 fully saturated rings. The number of hydrogen-bond donors (Lipinski definition) is 3. The summed E-state index contributed by atoms with van der Waals surface area (Å²) in [6.07, 6.45) is 3.08. The third-order valence-electron chi connectivity index (χ3n) is 5.67. The number of amides is 3. The van der Waals surface area contributed by atoms with Crippen molar-refractivity contribution in [3.63, 3.8) is 0 Å². The zero-order valence-electron chi connectivity index (χ0n) is 17.2. The van der Waals surface area contributed by atoms with Gasteiger partial charge in [0.05, 0.1) is 12.2 Å². The van der Waals surface area contributed by atoms with Crippen LogP contribution in [0.1, 0.15) is 17.0 Å². The van der Waals surface area contributed by atoms with Crippen molar-refractivity contribution in [2.45, 2.75) is 25.6 Å². The van der Waals surface area contributed by atoms with Gasteiger partial charge in [-0.25, -0.2) is 9.78 Å². The Morgan fingerprint density at radius 1 is 1.16 bits per heavy atom. The third-order valence-corrected chi connectivity index (χ3v) is 5.67. The van der Waals surface area contributed by atoms with E-state index < -0.39 is 17.5 Å². The molecule has 162 valence electrons. The number of para-hydroxylation sites is 1. The van der Waals surface area contributed by atoms with Crippen LogP contribution in [0.5, 0.6) is 11.6 Å². The highest BCUT2D eigenvalue weighted by Gasteiger charge is 2.50. The van der Waals surface area contributed by atoms with Crippen LogP contribution in [0.25, 0.3) is 10.8 Å². The van der Waals surface area contributed by atoms with Gasteiger partial charge in [0, 0.05) is 22.5 Å². The second-order valence-corrected chi connectivity index (χ2v) is 7.63. The van der Waals surface area contributed by atoms with Gasteiger partial charge in [-0.15, -0.1) is 0 Å². The fourth-order valence-corrected chi connectivity index (χ4v) is 4.00. The fraction of sp³-hybridized carbons (Fsp3) is 0.174. The average Bonchev–Trinajstić information content (AvgIpc) is 3.43. The number of aromatic hydroxyl groups is 1. The maximum absolute atomic E-state index is 13.1. The first-order valence-electron chi connectivity index (χ1n) is 9.99. The molecule has 1 aliphatic heterocycles. The number of oxazole rings is 1. The van der Waals surface area contributed by atoms with Crippen LogP contribution in [0, 0.1) is 6.92 Å². The minimum atomic E-state index is -1.49. The molecule has 2 aromatic heterocycles. The van der Waals surface area contributed by atoms with Crippen LogP contribution in [0.4, 0.5) is 4.79 Å². The van der Waals surface area contributed by atoms with Crippen molar-refractivity contribution in [2.75, 3.05) is 0 Å². The summed E-state index contributed by atoms with van der Waals surface area (Å²) < 4.78 is 12.9. The highest BCUT2D eigenvalue weighted by atomic mass is 16.5. The lowest BCUT2D eigenvalue weighted by molar-refractivity contribution is -0.124. The molecular weight excluding hydrogens is 412 g/mol. The molecule has 0 saturated carbocycles. The molecule has 0 aliphatic carbocycles. The van der Waals surface area contributed by atoms with Crippen molar-refractivity contribution in [3.8, 4) is 11.6 Å². The van der Waals surface area contributed by atoms with Gasteiger partial charge in [0.15, 0.2) is 23.6 Å². The van der Waals surface area contributed by atoms with E-state index in [-0.39, 0.29) is 19.0 Å². The number of urea groups is 1. The molecule has 3 N–H and O–H groups in total. The van der Waals surface area contributed by atoms with Crippen LogP contribution in [0.15, 0.2) is 65.5 Å². The van der Waals surface area contributed by atoms with Crippen LogP contribution < -0.4 is 15.4 Å². The van der Waals surface area contributed by atoms with Crippen molar-refractivity contribution in [3.05, 3.63) is 78.1 Å². The molecule has 32 heavy (non-hydrogen) atoms. The zero-order chi connectivity index (χ0) is 22.3. The number of nitrogens with one attached hydrogen (secondary N) is 2. The van der Waals surface area contributed by atoms with Crippen LogP contribution in [-0.4, -0.2) is 26.6 Å². The topological polar surface area (TPSA) is 119 Å². The Kier molecular flexibility index (Phi) is 4.58. The minimum Gasteiger partial charge on any atom is -0.494 e. The molecule has 0 radical (unpaired) electrons. The number of imide groups is 1. The van der Waals surface area contributed by atoms with E-state index in [2.05, 4.69) is 15.6 Å². The first-order valence-corrected chi connectivity index (χ1v) is 9.99. The first kappa shape index (κ1) is 19.7. The van der Waals surface area contributed by atoms with Gasteiger partial charge in [-0.3, -0.25) is 10.1 Å². The SMILES string of the molecule is Cc1ncoc1COc1ccccc1C1(Cn2cc3ccccc3c2O)NC(=O)NC1=O. The molecular formula is C23H20N4O5. The molecule has 3 heterocycles.